The van der Waals surface area contributed by atoms with E-state index in [-0.39, 0.29) is 0 Å². The molecule has 2 nitrogen and oxygen atoms in total. The second-order valence-corrected chi connectivity index (χ2v) is 5.41. The fraction of sp³-hybridized carbons (Fsp3) is 0.538. The normalized spacial score (nSPS) is 15.7. The summed E-state index contributed by atoms with van der Waals surface area (Å²) in [7, 11) is 0. The van der Waals surface area contributed by atoms with E-state index in [0.717, 1.165) is 22.7 Å². The summed E-state index contributed by atoms with van der Waals surface area (Å²) in [4.78, 5) is 2.58. The number of nitrogens with zero attached hydrogens (tertiary/aromatic N) is 1. The van der Waals surface area contributed by atoms with Crippen molar-refractivity contribution in [1.82, 2.24) is 4.90 Å². The second kappa shape index (κ2) is 5.19. The van der Waals surface area contributed by atoms with Crippen LogP contribution < -0.4 is 5.73 Å². The Bertz CT molecular complexity index is 361. The van der Waals surface area contributed by atoms with Crippen molar-refractivity contribution in [3.8, 4) is 0 Å². The molecule has 0 bridgehead atoms. The summed E-state index contributed by atoms with van der Waals surface area (Å²) in [6.07, 6.45) is 3.97. The molecule has 1 saturated carbocycles. The molecule has 0 saturated heterocycles. The Balaban J connectivity index is 2.03. The summed E-state index contributed by atoms with van der Waals surface area (Å²) in [5.74, 6) is 0. The fourth-order valence-corrected chi connectivity index (χ4v) is 2.45. The lowest BCUT2D eigenvalue weighted by atomic mass is 10.2. The minimum Gasteiger partial charge on any atom is -0.398 e. The van der Waals surface area contributed by atoms with E-state index in [1.807, 2.05) is 6.07 Å². The Morgan fingerprint density at radius 3 is 2.75 bits per heavy atom. The molecule has 1 fully saturated rings. The van der Waals surface area contributed by atoms with Crippen LogP contribution in [0.3, 0.4) is 0 Å². The van der Waals surface area contributed by atoms with E-state index >= 15 is 0 Å². The lowest BCUT2D eigenvalue weighted by molar-refractivity contribution is 0.255. The Labute approximate surface area is 106 Å². The predicted octanol–water partition coefficient (Wildman–Crippen LogP) is 3.41. The zero-order valence-corrected chi connectivity index (χ0v) is 11.3. The minimum absolute atomic E-state index is 0.817. The first kappa shape index (κ1) is 11.9. The molecule has 0 heterocycles. The second-order valence-electron chi connectivity index (χ2n) is 4.56. The van der Waals surface area contributed by atoms with Crippen LogP contribution in [0, 0.1) is 0 Å². The number of hydrogen-bond donors (Lipinski definition) is 1. The van der Waals surface area contributed by atoms with E-state index in [0.29, 0.717) is 0 Å². The van der Waals surface area contributed by atoms with Gasteiger partial charge in [-0.3, -0.25) is 4.90 Å². The highest BCUT2D eigenvalue weighted by atomic mass is 79.9. The van der Waals surface area contributed by atoms with Gasteiger partial charge >= 0.3 is 0 Å². The van der Waals surface area contributed by atoms with Crippen molar-refractivity contribution >= 4 is 21.6 Å². The number of benzene rings is 1. The predicted molar refractivity (Wildman–Crippen MR) is 72.3 cm³/mol. The zero-order valence-electron chi connectivity index (χ0n) is 9.75. The molecule has 0 spiro atoms. The number of halogens is 1. The Morgan fingerprint density at radius 2 is 2.19 bits per heavy atom. The number of nitrogen functional groups attached to an aromatic ring is 1. The maximum atomic E-state index is 5.79. The highest BCUT2D eigenvalue weighted by Crippen LogP contribution is 2.29. The van der Waals surface area contributed by atoms with Crippen LogP contribution in [-0.2, 0) is 6.54 Å². The molecule has 2 N–H and O–H groups in total. The molecule has 1 aromatic carbocycles. The van der Waals surface area contributed by atoms with Crippen LogP contribution >= 0.6 is 15.9 Å². The third kappa shape index (κ3) is 2.98. The zero-order chi connectivity index (χ0) is 11.5. The van der Waals surface area contributed by atoms with Crippen LogP contribution in [-0.4, -0.2) is 17.5 Å². The van der Waals surface area contributed by atoms with Crippen LogP contribution in [0.25, 0.3) is 0 Å². The standard InChI is InChI=1S/C13H19BrN2/c1-2-7-16(11-4-5-11)9-10-3-6-13(15)12(14)8-10/h3,6,8,11H,2,4-5,7,9,15H2,1H3. The minimum atomic E-state index is 0.817. The van der Waals surface area contributed by atoms with Crippen LogP contribution in [0.2, 0.25) is 0 Å². The summed E-state index contributed by atoms with van der Waals surface area (Å²) < 4.78 is 1.01. The van der Waals surface area contributed by atoms with Crippen molar-refractivity contribution in [3.05, 3.63) is 28.2 Å². The Kier molecular flexibility index (Phi) is 3.87. The van der Waals surface area contributed by atoms with E-state index in [1.54, 1.807) is 0 Å². The molecule has 1 aromatic rings. The molecular weight excluding hydrogens is 264 g/mol. The number of anilines is 1. The van der Waals surface area contributed by atoms with Crippen LogP contribution in [0.15, 0.2) is 22.7 Å². The van der Waals surface area contributed by atoms with Gasteiger partial charge in [0, 0.05) is 22.7 Å². The maximum Gasteiger partial charge on any atom is 0.0458 e. The number of nitrogens with two attached hydrogens (primary N) is 1. The lowest BCUT2D eigenvalue weighted by Crippen LogP contribution is -2.26. The highest BCUT2D eigenvalue weighted by molar-refractivity contribution is 9.10. The third-order valence-corrected chi connectivity index (χ3v) is 3.71. The van der Waals surface area contributed by atoms with Crippen molar-refractivity contribution in [2.24, 2.45) is 0 Å². The van der Waals surface area contributed by atoms with Gasteiger partial charge in [0.05, 0.1) is 0 Å². The monoisotopic (exact) mass is 282 g/mol. The van der Waals surface area contributed by atoms with Gasteiger partial charge < -0.3 is 5.73 Å². The maximum absolute atomic E-state index is 5.79. The van der Waals surface area contributed by atoms with Gasteiger partial charge in [0.15, 0.2) is 0 Å². The molecule has 0 amide bonds. The molecule has 3 heteroatoms. The molecule has 1 aliphatic rings. The molecule has 0 unspecified atom stereocenters. The van der Waals surface area contributed by atoms with E-state index in [9.17, 15) is 0 Å². The molecule has 16 heavy (non-hydrogen) atoms. The summed E-state index contributed by atoms with van der Waals surface area (Å²) in [5.41, 5.74) is 7.96. The van der Waals surface area contributed by atoms with Crippen molar-refractivity contribution in [3.63, 3.8) is 0 Å². The van der Waals surface area contributed by atoms with Gasteiger partial charge in [-0.2, -0.15) is 0 Å². The van der Waals surface area contributed by atoms with Gasteiger partial charge in [-0.25, -0.2) is 0 Å². The average Bonchev–Trinajstić information content (AvgIpc) is 3.06. The summed E-state index contributed by atoms with van der Waals surface area (Å²) >= 11 is 3.48. The van der Waals surface area contributed by atoms with Crippen LogP contribution in [0.4, 0.5) is 5.69 Å². The van der Waals surface area contributed by atoms with Crippen molar-refractivity contribution in [1.29, 1.82) is 0 Å². The van der Waals surface area contributed by atoms with Crippen molar-refractivity contribution in [2.75, 3.05) is 12.3 Å². The first-order valence-corrected chi connectivity index (χ1v) is 6.78. The van der Waals surface area contributed by atoms with E-state index in [1.165, 1.54) is 31.4 Å². The van der Waals surface area contributed by atoms with Crippen molar-refractivity contribution < 1.29 is 0 Å². The quantitative estimate of drug-likeness (QED) is 0.839. The SMILES string of the molecule is CCCN(Cc1ccc(N)c(Br)c1)C1CC1. The number of rotatable bonds is 5. The van der Waals surface area contributed by atoms with Crippen molar-refractivity contribution in [2.45, 2.75) is 38.8 Å². The molecule has 2 rings (SSSR count). The van der Waals surface area contributed by atoms with E-state index < -0.39 is 0 Å². The van der Waals surface area contributed by atoms with Gasteiger partial charge in [0.25, 0.3) is 0 Å². The molecule has 0 atom stereocenters. The van der Waals surface area contributed by atoms with E-state index in [4.69, 9.17) is 5.73 Å². The van der Waals surface area contributed by atoms with Gasteiger partial charge in [0.1, 0.15) is 0 Å². The largest absolute Gasteiger partial charge is 0.398 e. The van der Waals surface area contributed by atoms with E-state index in [2.05, 4.69) is 39.9 Å². The summed E-state index contributed by atoms with van der Waals surface area (Å²) in [6.45, 7) is 4.50. The number of hydrogen-bond acceptors (Lipinski definition) is 2. The molecular formula is C13H19BrN2. The Morgan fingerprint density at radius 1 is 1.44 bits per heavy atom. The van der Waals surface area contributed by atoms with Crippen LogP contribution in [0.5, 0.6) is 0 Å². The van der Waals surface area contributed by atoms with Gasteiger partial charge in [-0.15, -0.1) is 0 Å². The fourth-order valence-electron chi connectivity index (χ4n) is 2.02. The lowest BCUT2D eigenvalue weighted by Gasteiger charge is -2.21. The molecule has 88 valence electrons. The summed E-state index contributed by atoms with van der Waals surface area (Å²) in [6, 6.07) is 7.08. The molecule has 0 aromatic heterocycles. The van der Waals surface area contributed by atoms with Gasteiger partial charge in [-0.05, 0) is 59.4 Å². The molecule has 1 aliphatic carbocycles. The first-order chi connectivity index (χ1) is 7.70. The molecule has 0 aliphatic heterocycles. The summed E-state index contributed by atoms with van der Waals surface area (Å²) in [5, 5.41) is 0. The highest BCUT2D eigenvalue weighted by Gasteiger charge is 2.28. The topological polar surface area (TPSA) is 29.3 Å². The smallest absolute Gasteiger partial charge is 0.0458 e. The van der Waals surface area contributed by atoms with Crippen LogP contribution in [0.1, 0.15) is 31.7 Å². The Hall–Kier alpha value is -0.540. The van der Waals surface area contributed by atoms with Gasteiger partial charge in [-0.1, -0.05) is 13.0 Å². The van der Waals surface area contributed by atoms with Gasteiger partial charge in [0.2, 0.25) is 0 Å². The third-order valence-electron chi connectivity index (χ3n) is 3.02. The molecule has 0 radical (unpaired) electrons. The first-order valence-electron chi connectivity index (χ1n) is 5.98. The average molecular weight is 283 g/mol.